The van der Waals surface area contributed by atoms with Crippen LogP contribution in [0.1, 0.15) is 22.2 Å². The van der Waals surface area contributed by atoms with Crippen LogP contribution in [0.2, 0.25) is 10.0 Å². The quantitative estimate of drug-likeness (QED) is 0.702. The third-order valence-electron chi connectivity index (χ3n) is 3.53. The molecule has 1 amide bonds. The van der Waals surface area contributed by atoms with E-state index in [0.717, 1.165) is 5.56 Å². The SMILES string of the molecule is O=C(NCC(O)c1cc(Cl)cc(Cl)c1)c1cc(-c2ccccc2)on1. The molecule has 0 bridgehead atoms. The minimum absolute atomic E-state index is 0.0109. The van der Waals surface area contributed by atoms with Crippen molar-refractivity contribution in [2.75, 3.05) is 6.54 Å². The Labute approximate surface area is 154 Å². The lowest BCUT2D eigenvalue weighted by atomic mass is 10.1. The largest absolute Gasteiger partial charge is 0.387 e. The van der Waals surface area contributed by atoms with E-state index >= 15 is 0 Å². The number of aliphatic hydroxyl groups is 1. The highest BCUT2D eigenvalue weighted by molar-refractivity contribution is 6.34. The number of amides is 1. The van der Waals surface area contributed by atoms with Gasteiger partial charge in [0, 0.05) is 28.2 Å². The van der Waals surface area contributed by atoms with Gasteiger partial charge in [-0.1, -0.05) is 58.7 Å². The molecular formula is C18H14Cl2N2O3. The Morgan fingerprint density at radius 1 is 1.12 bits per heavy atom. The Morgan fingerprint density at radius 3 is 2.48 bits per heavy atom. The summed E-state index contributed by atoms with van der Waals surface area (Å²) in [7, 11) is 0. The van der Waals surface area contributed by atoms with Gasteiger partial charge in [0.15, 0.2) is 11.5 Å². The number of halogens is 2. The topological polar surface area (TPSA) is 75.4 Å². The number of hydrogen-bond donors (Lipinski definition) is 2. The molecule has 0 saturated carbocycles. The van der Waals surface area contributed by atoms with Gasteiger partial charge in [-0.3, -0.25) is 4.79 Å². The fourth-order valence-corrected chi connectivity index (χ4v) is 2.83. The average Bonchev–Trinajstić information content (AvgIpc) is 3.09. The van der Waals surface area contributed by atoms with E-state index in [1.807, 2.05) is 30.3 Å². The van der Waals surface area contributed by atoms with E-state index in [4.69, 9.17) is 27.7 Å². The molecule has 2 N–H and O–H groups in total. The summed E-state index contributed by atoms with van der Waals surface area (Å²) in [4.78, 5) is 12.2. The first-order valence-electron chi connectivity index (χ1n) is 7.47. The van der Waals surface area contributed by atoms with Crippen LogP contribution in [0.5, 0.6) is 0 Å². The molecule has 0 aliphatic rings. The van der Waals surface area contributed by atoms with E-state index in [-0.39, 0.29) is 12.2 Å². The van der Waals surface area contributed by atoms with Crippen molar-refractivity contribution < 1.29 is 14.4 Å². The summed E-state index contributed by atoms with van der Waals surface area (Å²) in [5, 5.41) is 17.4. The van der Waals surface area contributed by atoms with Gasteiger partial charge in [0.05, 0.1) is 6.10 Å². The first-order chi connectivity index (χ1) is 12.0. The van der Waals surface area contributed by atoms with E-state index in [1.54, 1.807) is 24.3 Å². The van der Waals surface area contributed by atoms with E-state index in [0.29, 0.717) is 21.4 Å². The third-order valence-corrected chi connectivity index (χ3v) is 3.96. The van der Waals surface area contributed by atoms with Gasteiger partial charge in [-0.15, -0.1) is 0 Å². The van der Waals surface area contributed by atoms with Crippen molar-refractivity contribution in [2.45, 2.75) is 6.10 Å². The summed E-state index contributed by atoms with van der Waals surface area (Å²) in [6, 6.07) is 15.6. The van der Waals surface area contributed by atoms with Crippen LogP contribution >= 0.6 is 23.2 Å². The zero-order valence-corrected chi connectivity index (χ0v) is 14.5. The predicted octanol–water partition coefficient (Wildman–Crippen LogP) is 4.11. The van der Waals surface area contributed by atoms with Gasteiger partial charge in [-0.2, -0.15) is 0 Å². The Morgan fingerprint density at radius 2 is 1.80 bits per heavy atom. The molecule has 1 atom stereocenters. The minimum Gasteiger partial charge on any atom is -0.387 e. The number of carbonyl (C=O) groups is 1. The smallest absolute Gasteiger partial charge is 0.273 e. The Bertz CT molecular complexity index is 861. The van der Waals surface area contributed by atoms with Gasteiger partial charge in [-0.25, -0.2) is 0 Å². The van der Waals surface area contributed by atoms with Crippen molar-refractivity contribution in [3.05, 3.63) is 75.9 Å². The van der Waals surface area contributed by atoms with Crippen LogP contribution in [-0.4, -0.2) is 22.7 Å². The first kappa shape index (κ1) is 17.5. The second-order valence-electron chi connectivity index (χ2n) is 5.37. The van der Waals surface area contributed by atoms with Crippen molar-refractivity contribution in [3.63, 3.8) is 0 Å². The lowest BCUT2D eigenvalue weighted by molar-refractivity contribution is 0.0907. The molecule has 128 valence electrons. The molecule has 1 unspecified atom stereocenters. The van der Waals surface area contributed by atoms with Crippen LogP contribution in [0.3, 0.4) is 0 Å². The Balaban J connectivity index is 1.64. The fraction of sp³-hybridized carbons (Fsp3) is 0.111. The number of nitrogens with one attached hydrogen (secondary N) is 1. The molecule has 25 heavy (non-hydrogen) atoms. The van der Waals surface area contributed by atoms with Gasteiger partial charge in [-0.05, 0) is 23.8 Å². The molecule has 0 spiro atoms. The van der Waals surface area contributed by atoms with Gasteiger partial charge in [0.2, 0.25) is 0 Å². The molecular weight excluding hydrogens is 363 g/mol. The summed E-state index contributed by atoms with van der Waals surface area (Å²) in [6.07, 6.45) is -0.944. The van der Waals surface area contributed by atoms with Crippen LogP contribution in [0, 0.1) is 0 Å². The molecule has 7 heteroatoms. The van der Waals surface area contributed by atoms with E-state index in [9.17, 15) is 9.90 Å². The van der Waals surface area contributed by atoms with E-state index in [2.05, 4.69) is 10.5 Å². The maximum Gasteiger partial charge on any atom is 0.273 e. The summed E-state index contributed by atoms with van der Waals surface area (Å²) in [5.41, 5.74) is 1.47. The van der Waals surface area contributed by atoms with Gasteiger partial charge < -0.3 is 14.9 Å². The molecule has 5 nitrogen and oxygen atoms in total. The molecule has 3 aromatic rings. The number of hydrogen-bond acceptors (Lipinski definition) is 4. The highest BCUT2D eigenvalue weighted by Gasteiger charge is 2.16. The Hall–Kier alpha value is -2.34. The van der Waals surface area contributed by atoms with Gasteiger partial charge >= 0.3 is 0 Å². The van der Waals surface area contributed by atoms with Crippen molar-refractivity contribution in [2.24, 2.45) is 0 Å². The lowest BCUT2D eigenvalue weighted by Crippen LogP contribution is -2.28. The minimum atomic E-state index is -0.944. The third kappa shape index (κ3) is 4.39. The summed E-state index contributed by atoms with van der Waals surface area (Å²) >= 11 is 11.8. The summed E-state index contributed by atoms with van der Waals surface area (Å²) < 4.78 is 5.19. The van der Waals surface area contributed by atoms with Crippen LogP contribution in [0.25, 0.3) is 11.3 Å². The molecule has 0 aliphatic heterocycles. The molecule has 0 fully saturated rings. The fourth-order valence-electron chi connectivity index (χ4n) is 2.29. The van der Waals surface area contributed by atoms with Crippen LogP contribution in [-0.2, 0) is 0 Å². The van der Waals surface area contributed by atoms with Gasteiger partial charge in [0.25, 0.3) is 5.91 Å². The molecule has 3 rings (SSSR count). The highest BCUT2D eigenvalue weighted by atomic mass is 35.5. The zero-order chi connectivity index (χ0) is 17.8. The molecule has 1 aromatic heterocycles. The second-order valence-corrected chi connectivity index (χ2v) is 6.24. The van der Waals surface area contributed by atoms with Crippen LogP contribution in [0.15, 0.2) is 59.1 Å². The normalized spacial score (nSPS) is 12.0. The predicted molar refractivity (Wildman–Crippen MR) is 95.7 cm³/mol. The molecule has 2 aromatic carbocycles. The monoisotopic (exact) mass is 376 g/mol. The number of nitrogens with zero attached hydrogens (tertiary/aromatic N) is 1. The molecule has 0 saturated heterocycles. The number of rotatable bonds is 5. The molecule has 0 aliphatic carbocycles. The summed E-state index contributed by atoms with van der Waals surface area (Å²) in [5.74, 6) is 0.0472. The summed E-state index contributed by atoms with van der Waals surface area (Å²) in [6.45, 7) is -0.0109. The Kier molecular flexibility index (Phi) is 5.38. The molecule has 1 heterocycles. The van der Waals surface area contributed by atoms with E-state index < -0.39 is 12.0 Å². The maximum atomic E-state index is 12.2. The average molecular weight is 377 g/mol. The lowest BCUT2D eigenvalue weighted by Gasteiger charge is -2.12. The maximum absolute atomic E-state index is 12.2. The van der Waals surface area contributed by atoms with Crippen molar-refractivity contribution in [1.29, 1.82) is 0 Å². The highest BCUT2D eigenvalue weighted by Crippen LogP contribution is 2.23. The van der Waals surface area contributed by atoms with E-state index in [1.165, 1.54) is 0 Å². The first-order valence-corrected chi connectivity index (χ1v) is 8.23. The van der Waals surface area contributed by atoms with Crippen molar-refractivity contribution in [1.82, 2.24) is 10.5 Å². The van der Waals surface area contributed by atoms with Crippen molar-refractivity contribution >= 4 is 29.1 Å². The standard InChI is InChI=1S/C18H14Cl2N2O3/c19-13-6-12(7-14(20)8-13)16(23)10-21-18(24)15-9-17(25-22-15)11-4-2-1-3-5-11/h1-9,16,23H,10H2,(H,21,24). The number of benzene rings is 2. The number of aliphatic hydroxyl groups excluding tert-OH is 1. The number of carbonyl (C=O) groups excluding carboxylic acids is 1. The van der Waals surface area contributed by atoms with Crippen LogP contribution < -0.4 is 5.32 Å². The second kappa shape index (κ2) is 7.70. The van der Waals surface area contributed by atoms with Gasteiger partial charge in [0.1, 0.15) is 0 Å². The zero-order valence-electron chi connectivity index (χ0n) is 12.9. The van der Waals surface area contributed by atoms with Crippen molar-refractivity contribution in [3.8, 4) is 11.3 Å². The van der Waals surface area contributed by atoms with Crippen LogP contribution in [0.4, 0.5) is 0 Å². The number of aromatic nitrogens is 1. The molecule has 0 radical (unpaired) electrons.